The van der Waals surface area contributed by atoms with E-state index < -0.39 is 12.2 Å². The van der Waals surface area contributed by atoms with Crippen molar-refractivity contribution in [2.24, 2.45) is 5.92 Å². The number of halogens is 1. The minimum atomic E-state index is -0.797. The summed E-state index contributed by atoms with van der Waals surface area (Å²) in [6, 6.07) is 5.08. The molecule has 0 radical (unpaired) electrons. The Morgan fingerprint density at radius 1 is 1.40 bits per heavy atom. The first-order chi connectivity index (χ1) is 14.3. The van der Waals surface area contributed by atoms with Crippen molar-refractivity contribution in [3.8, 4) is 5.75 Å². The summed E-state index contributed by atoms with van der Waals surface area (Å²) in [6.07, 6.45) is 2.78. The van der Waals surface area contributed by atoms with Crippen molar-refractivity contribution in [1.29, 1.82) is 0 Å². The lowest BCUT2D eigenvalue weighted by Gasteiger charge is -2.63. The minimum Gasteiger partial charge on any atom is -0.480 e. The topological polar surface area (TPSA) is 101 Å². The molecule has 2 heterocycles. The molecule has 0 bridgehead atoms. The van der Waals surface area contributed by atoms with Crippen LogP contribution in [0.5, 0.6) is 5.75 Å². The second-order valence-corrected chi connectivity index (χ2v) is 10.0. The van der Waals surface area contributed by atoms with Gasteiger partial charge in [0.1, 0.15) is 10.6 Å². The third kappa shape index (κ3) is 3.27. The number of thiazole rings is 1. The van der Waals surface area contributed by atoms with Crippen LogP contribution in [0.1, 0.15) is 52.0 Å². The van der Waals surface area contributed by atoms with Crippen molar-refractivity contribution in [3.63, 3.8) is 0 Å². The molecule has 1 aliphatic heterocycles. The van der Waals surface area contributed by atoms with E-state index >= 15 is 0 Å². The monoisotopic (exact) mass is 447 g/mol. The van der Waals surface area contributed by atoms with Gasteiger partial charge in [0, 0.05) is 34.5 Å². The molecule has 2 fully saturated rings. The average molecular weight is 448 g/mol. The van der Waals surface area contributed by atoms with Crippen LogP contribution in [0, 0.1) is 12.8 Å². The zero-order chi connectivity index (χ0) is 21.0. The Morgan fingerprint density at radius 3 is 2.90 bits per heavy atom. The zero-order valence-corrected chi connectivity index (χ0v) is 17.9. The van der Waals surface area contributed by atoms with E-state index in [9.17, 15) is 14.7 Å². The molecule has 0 saturated heterocycles. The molecule has 1 aromatic carbocycles. The number of rotatable bonds is 4. The van der Waals surface area contributed by atoms with Crippen LogP contribution in [-0.4, -0.2) is 39.6 Å². The molecule has 5 atom stereocenters. The van der Waals surface area contributed by atoms with Crippen molar-refractivity contribution in [2.45, 2.75) is 56.4 Å². The Bertz CT molecular complexity index is 1030. The summed E-state index contributed by atoms with van der Waals surface area (Å²) in [5.41, 5.74) is 0.323. The number of nitrogens with zero attached hydrogens (tertiary/aromatic N) is 1. The molecule has 2 aromatic rings. The highest BCUT2D eigenvalue weighted by atomic mass is 35.5. The number of hydrogen-bond donors (Lipinski definition) is 3. The second kappa shape index (κ2) is 7.21. The van der Waals surface area contributed by atoms with Crippen LogP contribution in [0.15, 0.2) is 24.4 Å². The first kappa shape index (κ1) is 19.8. The Morgan fingerprint density at radius 2 is 2.23 bits per heavy atom. The number of fused-ring (bicyclic) bond motifs is 2. The number of amides is 2. The van der Waals surface area contributed by atoms with Crippen LogP contribution in [0.2, 0.25) is 5.02 Å². The maximum atomic E-state index is 12.9. The fourth-order valence-corrected chi connectivity index (χ4v) is 5.70. The lowest BCUT2D eigenvalue weighted by Crippen LogP contribution is -2.76. The predicted molar refractivity (Wildman–Crippen MR) is 112 cm³/mol. The number of carbonyl (C=O) groups excluding carboxylic acids is 2. The molecule has 2 aliphatic carbocycles. The van der Waals surface area contributed by atoms with Crippen LogP contribution >= 0.6 is 22.9 Å². The maximum Gasteiger partial charge on any atom is 0.263 e. The highest BCUT2D eigenvalue weighted by Crippen LogP contribution is 2.54. The van der Waals surface area contributed by atoms with E-state index in [2.05, 4.69) is 15.6 Å². The fourth-order valence-electron chi connectivity index (χ4n) is 4.84. The number of aromatic nitrogens is 1. The number of ether oxygens (including phenoxy) is 1. The molecular weight excluding hydrogens is 426 g/mol. The van der Waals surface area contributed by atoms with Crippen molar-refractivity contribution < 1.29 is 19.4 Å². The van der Waals surface area contributed by atoms with Gasteiger partial charge in [-0.3, -0.25) is 9.59 Å². The number of aliphatic hydroxyl groups excluding tert-OH is 1. The highest BCUT2D eigenvalue weighted by molar-refractivity contribution is 7.13. The summed E-state index contributed by atoms with van der Waals surface area (Å²) in [6.45, 7) is 1.87. The molecule has 3 unspecified atom stereocenters. The second-order valence-electron chi connectivity index (χ2n) is 8.36. The molecule has 3 aliphatic rings. The van der Waals surface area contributed by atoms with E-state index in [4.69, 9.17) is 16.3 Å². The number of nitrogens with one attached hydrogen (secondary N) is 2. The van der Waals surface area contributed by atoms with Gasteiger partial charge in [-0.15, -0.1) is 11.3 Å². The van der Waals surface area contributed by atoms with E-state index in [0.29, 0.717) is 27.6 Å². The van der Waals surface area contributed by atoms with Gasteiger partial charge in [-0.05, 0) is 44.4 Å². The van der Waals surface area contributed by atoms with E-state index in [1.165, 1.54) is 11.3 Å². The Kier molecular flexibility index (Phi) is 4.76. The van der Waals surface area contributed by atoms with Crippen LogP contribution in [0.4, 0.5) is 0 Å². The third-order valence-electron chi connectivity index (χ3n) is 6.54. The van der Waals surface area contributed by atoms with Crippen LogP contribution in [0.3, 0.4) is 0 Å². The smallest absolute Gasteiger partial charge is 0.263 e. The summed E-state index contributed by atoms with van der Waals surface area (Å²) < 4.78 is 5.84. The van der Waals surface area contributed by atoms with Crippen molar-refractivity contribution in [2.75, 3.05) is 0 Å². The van der Waals surface area contributed by atoms with E-state index in [0.717, 1.165) is 17.8 Å². The van der Waals surface area contributed by atoms with Gasteiger partial charge in [0.25, 0.3) is 11.8 Å². The average Bonchev–Trinajstić information content (AvgIpc) is 3.13. The van der Waals surface area contributed by atoms with Gasteiger partial charge < -0.3 is 20.5 Å². The maximum absolute atomic E-state index is 12.9. The first-order valence-electron chi connectivity index (χ1n) is 10.0. The number of hydrogen-bond acceptors (Lipinski definition) is 6. The van der Waals surface area contributed by atoms with E-state index in [-0.39, 0.29) is 35.7 Å². The number of carbonyl (C=O) groups is 2. The standard InChI is InChI=1S/C21H22ClN3O4S/c1-10-23-9-18(30-10)20(28)24-14-8-21(5-4-13(14)21)25-19(27)17-7-15(26)12-6-11(22)2-3-16(12)29-17/h2-3,6,9,13-15,17,26H,4-5,7-8H2,1H3,(H,24,28)(H,25,27)/t13?,14?,15-,17-,21?/m1/s1. The molecule has 0 spiro atoms. The summed E-state index contributed by atoms with van der Waals surface area (Å²) in [5, 5.41) is 18.0. The minimum absolute atomic E-state index is 0.0506. The van der Waals surface area contributed by atoms with Crippen molar-refractivity contribution >= 4 is 34.8 Å². The van der Waals surface area contributed by atoms with Crippen molar-refractivity contribution in [1.82, 2.24) is 15.6 Å². The molecule has 3 N–H and O–H groups in total. The summed E-state index contributed by atoms with van der Waals surface area (Å²) in [4.78, 5) is 30.0. The molecule has 9 heteroatoms. The Hall–Kier alpha value is -2.16. The SMILES string of the molecule is Cc1ncc(C(=O)NC2CC3(NC(=O)[C@H]4C[C@@H](O)c5cc(Cl)ccc5O4)CCC23)s1. The fraction of sp³-hybridized carbons (Fsp3) is 0.476. The predicted octanol–water partition coefficient (Wildman–Crippen LogP) is 2.76. The molecule has 7 nitrogen and oxygen atoms in total. The van der Waals surface area contributed by atoms with Gasteiger partial charge in [0.15, 0.2) is 6.10 Å². The van der Waals surface area contributed by atoms with Gasteiger partial charge in [-0.25, -0.2) is 4.98 Å². The van der Waals surface area contributed by atoms with Gasteiger partial charge in [0.2, 0.25) is 0 Å². The van der Waals surface area contributed by atoms with Gasteiger partial charge in [-0.1, -0.05) is 11.6 Å². The van der Waals surface area contributed by atoms with Gasteiger partial charge in [0.05, 0.1) is 17.3 Å². The molecule has 1 aromatic heterocycles. The molecule has 2 amide bonds. The van der Waals surface area contributed by atoms with Gasteiger partial charge >= 0.3 is 0 Å². The summed E-state index contributed by atoms with van der Waals surface area (Å²) in [5.74, 6) is 0.382. The van der Waals surface area contributed by atoms with E-state index in [1.54, 1.807) is 24.4 Å². The molecule has 30 heavy (non-hydrogen) atoms. The van der Waals surface area contributed by atoms with Crippen LogP contribution < -0.4 is 15.4 Å². The lowest BCUT2D eigenvalue weighted by atomic mass is 9.50. The largest absolute Gasteiger partial charge is 0.480 e. The molecule has 2 saturated carbocycles. The van der Waals surface area contributed by atoms with Crippen molar-refractivity contribution in [3.05, 3.63) is 44.9 Å². The molecule has 5 rings (SSSR count). The number of benzene rings is 1. The van der Waals surface area contributed by atoms with Crippen LogP contribution in [0.25, 0.3) is 0 Å². The number of aryl methyl sites for hydroxylation is 1. The van der Waals surface area contributed by atoms with Gasteiger partial charge in [-0.2, -0.15) is 0 Å². The summed E-state index contributed by atoms with van der Waals surface area (Å²) in [7, 11) is 0. The summed E-state index contributed by atoms with van der Waals surface area (Å²) >= 11 is 7.36. The zero-order valence-electron chi connectivity index (χ0n) is 16.4. The highest BCUT2D eigenvalue weighted by Gasteiger charge is 2.61. The Balaban J connectivity index is 1.20. The lowest BCUT2D eigenvalue weighted by molar-refractivity contribution is -0.141. The third-order valence-corrected chi connectivity index (χ3v) is 7.69. The molecular formula is C21H22ClN3O4S. The Labute approximate surface area is 182 Å². The number of aliphatic hydroxyl groups is 1. The van der Waals surface area contributed by atoms with Crippen LogP contribution in [-0.2, 0) is 4.79 Å². The van der Waals surface area contributed by atoms with E-state index in [1.807, 2.05) is 6.92 Å². The quantitative estimate of drug-likeness (QED) is 0.669. The normalized spacial score (nSPS) is 31.3. The first-order valence-corrected chi connectivity index (χ1v) is 11.2. The molecule has 158 valence electrons.